The van der Waals surface area contributed by atoms with Crippen molar-refractivity contribution in [2.75, 3.05) is 4.72 Å². The van der Waals surface area contributed by atoms with Crippen molar-refractivity contribution in [3.63, 3.8) is 0 Å². The molecule has 0 amide bonds. The minimum atomic E-state index is -3.71. The molecule has 0 aliphatic heterocycles. The van der Waals surface area contributed by atoms with Crippen molar-refractivity contribution >= 4 is 38.9 Å². The van der Waals surface area contributed by atoms with E-state index in [1.807, 2.05) is 0 Å². The predicted molar refractivity (Wildman–Crippen MR) is 81.6 cm³/mol. The molecule has 2 aromatic rings. The fraction of sp³-hybridized carbons (Fsp3) is 0.0769. The summed E-state index contributed by atoms with van der Waals surface area (Å²) in [6, 6.07) is 10.9. The van der Waals surface area contributed by atoms with Gasteiger partial charge in [-0.15, -0.1) is 0 Å². The average Bonchev–Trinajstić information content (AvgIpc) is 2.43. The summed E-state index contributed by atoms with van der Waals surface area (Å²) in [6.45, 7) is 0.355. The first-order valence-electron chi connectivity index (χ1n) is 5.69. The van der Waals surface area contributed by atoms with Gasteiger partial charge in [-0.1, -0.05) is 35.3 Å². The number of rotatable bonds is 4. The fourth-order valence-corrected chi connectivity index (χ4v) is 3.05. The van der Waals surface area contributed by atoms with Gasteiger partial charge in [-0.3, -0.25) is 4.72 Å². The molecule has 0 atom stereocenters. The predicted octanol–water partition coefficient (Wildman–Crippen LogP) is 3.25. The van der Waals surface area contributed by atoms with E-state index in [4.69, 9.17) is 28.9 Å². The van der Waals surface area contributed by atoms with Gasteiger partial charge in [0.15, 0.2) is 0 Å². The Bertz CT molecular complexity index is 716. The minimum absolute atomic E-state index is 0.130. The van der Waals surface area contributed by atoms with Gasteiger partial charge in [-0.25, -0.2) is 8.42 Å². The minimum Gasteiger partial charge on any atom is -0.326 e. The van der Waals surface area contributed by atoms with E-state index in [9.17, 15) is 8.42 Å². The Kier molecular flexibility index (Phi) is 4.55. The van der Waals surface area contributed by atoms with E-state index in [1.54, 1.807) is 18.2 Å². The maximum atomic E-state index is 12.2. The molecule has 0 unspecified atom stereocenters. The Balaban J connectivity index is 2.32. The SMILES string of the molecule is NCc1ccc(S(=O)(=O)Nc2cc(Cl)ccc2Cl)cc1. The average molecular weight is 331 g/mol. The van der Waals surface area contributed by atoms with Crippen LogP contribution in [0, 0.1) is 0 Å². The lowest BCUT2D eigenvalue weighted by atomic mass is 10.2. The number of nitrogens with one attached hydrogen (secondary N) is 1. The Labute approximate surface area is 127 Å². The lowest BCUT2D eigenvalue weighted by Gasteiger charge is -2.10. The zero-order valence-electron chi connectivity index (χ0n) is 10.3. The zero-order chi connectivity index (χ0) is 14.8. The van der Waals surface area contributed by atoms with Crippen LogP contribution in [0.1, 0.15) is 5.56 Å². The van der Waals surface area contributed by atoms with Crippen LogP contribution in [0.25, 0.3) is 0 Å². The normalized spacial score (nSPS) is 11.3. The molecule has 0 bridgehead atoms. The van der Waals surface area contributed by atoms with E-state index in [-0.39, 0.29) is 15.6 Å². The Hall–Kier alpha value is -1.27. The molecule has 20 heavy (non-hydrogen) atoms. The van der Waals surface area contributed by atoms with Gasteiger partial charge in [-0.2, -0.15) is 0 Å². The molecule has 0 aliphatic rings. The summed E-state index contributed by atoms with van der Waals surface area (Å²) in [5.41, 5.74) is 6.56. The van der Waals surface area contributed by atoms with Gasteiger partial charge in [0.1, 0.15) is 0 Å². The summed E-state index contributed by atoms with van der Waals surface area (Å²) >= 11 is 11.8. The maximum Gasteiger partial charge on any atom is 0.261 e. The molecule has 0 saturated carbocycles. The first kappa shape index (κ1) is 15.1. The highest BCUT2D eigenvalue weighted by Gasteiger charge is 2.15. The summed E-state index contributed by atoms with van der Waals surface area (Å²) in [5.74, 6) is 0. The molecule has 2 rings (SSSR count). The largest absolute Gasteiger partial charge is 0.326 e. The highest BCUT2D eigenvalue weighted by atomic mass is 35.5. The molecule has 0 aliphatic carbocycles. The third kappa shape index (κ3) is 3.43. The van der Waals surface area contributed by atoms with Gasteiger partial charge in [0.25, 0.3) is 10.0 Å². The topological polar surface area (TPSA) is 72.2 Å². The highest BCUT2D eigenvalue weighted by molar-refractivity contribution is 7.92. The smallest absolute Gasteiger partial charge is 0.261 e. The fourth-order valence-electron chi connectivity index (χ4n) is 1.58. The standard InChI is InChI=1S/C13H12Cl2N2O2S/c14-10-3-6-12(15)13(7-10)17-20(18,19)11-4-1-9(8-16)2-5-11/h1-7,17H,8,16H2. The molecule has 0 aromatic heterocycles. The van der Waals surface area contributed by atoms with E-state index in [2.05, 4.69) is 4.72 Å². The van der Waals surface area contributed by atoms with Crippen LogP contribution >= 0.6 is 23.2 Å². The lowest BCUT2D eigenvalue weighted by Crippen LogP contribution is -2.13. The van der Waals surface area contributed by atoms with Crippen LogP contribution in [0.2, 0.25) is 10.0 Å². The molecule has 0 spiro atoms. The van der Waals surface area contributed by atoms with Crippen LogP contribution in [0.5, 0.6) is 0 Å². The Morgan fingerprint density at radius 1 is 1.05 bits per heavy atom. The summed E-state index contributed by atoms with van der Waals surface area (Å²) in [4.78, 5) is 0.130. The zero-order valence-corrected chi connectivity index (χ0v) is 12.6. The molecule has 2 aromatic carbocycles. The molecule has 0 fully saturated rings. The van der Waals surface area contributed by atoms with E-state index < -0.39 is 10.0 Å². The summed E-state index contributed by atoms with van der Waals surface area (Å²) in [5, 5.41) is 0.669. The van der Waals surface area contributed by atoms with E-state index in [0.29, 0.717) is 11.6 Å². The first-order chi connectivity index (χ1) is 9.42. The molecule has 0 saturated heterocycles. The van der Waals surface area contributed by atoms with Crippen molar-refractivity contribution < 1.29 is 8.42 Å². The summed E-state index contributed by atoms with van der Waals surface area (Å²) in [6.07, 6.45) is 0. The number of hydrogen-bond donors (Lipinski definition) is 2. The maximum absolute atomic E-state index is 12.2. The highest BCUT2D eigenvalue weighted by Crippen LogP contribution is 2.27. The summed E-state index contributed by atoms with van der Waals surface area (Å²) < 4.78 is 26.8. The molecule has 0 radical (unpaired) electrons. The monoisotopic (exact) mass is 330 g/mol. The van der Waals surface area contributed by atoms with Gasteiger partial charge in [0, 0.05) is 11.6 Å². The molecule has 106 valence electrons. The van der Waals surface area contributed by atoms with Crippen molar-refractivity contribution in [3.05, 3.63) is 58.1 Å². The second-order valence-electron chi connectivity index (χ2n) is 4.08. The molecular weight excluding hydrogens is 319 g/mol. The summed E-state index contributed by atoms with van der Waals surface area (Å²) in [7, 11) is -3.71. The van der Waals surface area contributed by atoms with Gasteiger partial charge in [0.2, 0.25) is 0 Å². The second-order valence-corrected chi connectivity index (χ2v) is 6.60. The third-order valence-corrected chi connectivity index (χ3v) is 4.59. The van der Waals surface area contributed by atoms with Crippen LogP contribution in [0.4, 0.5) is 5.69 Å². The number of anilines is 1. The van der Waals surface area contributed by atoms with Crippen molar-refractivity contribution in [1.29, 1.82) is 0 Å². The van der Waals surface area contributed by atoms with Crippen LogP contribution < -0.4 is 10.5 Å². The number of hydrogen-bond acceptors (Lipinski definition) is 3. The second kappa shape index (κ2) is 6.01. The molecular formula is C13H12Cl2N2O2S. The lowest BCUT2D eigenvalue weighted by molar-refractivity contribution is 0.601. The Morgan fingerprint density at radius 2 is 1.70 bits per heavy atom. The van der Waals surface area contributed by atoms with Crippen LogP contribution in [-0.4, -0.2) is 8.42 Å². The van der Waals surface area contributed by atoms with Gasteiger partial charge in [0.05, 0.1) is 15.6 Å². The number of nitrogens with two attached hydrogens (primary N) is 1. The Morgan fingerprint density at radius 3 is 2.30 bits per heavy atom. The number of sulfonamides is 1. The van der Waals surface area contributed by atoms with Crippen LogP contribution in [-0.2, 0) is 16.6 Å². The first-order valence-corrected chi connectivity index (χ1v) is 7.93. The molecule has 0 heterocycles. The van der Waals surface area contributed by atoms with E-state index in [1.165, 1.54) is 24.3 Å². The van der Waals surface area contributed by atoms with Crippen molar-refractivity contribution in [2.45, 2.75) is 11.4 Å². The van der Waals surface area contributed by atoms with Gasteiger partial charge >= 0.3 is 0 Å². The third-order valence-electron chi connectivity index (χ3n) is 2.64. The van der Waals surface area contributed by atoms with Gasteiger partial charge < -0.3 is 5.73 Å². The molecule has 3 N–H and O–H groups in total. The van der Waals surface area contributed by atoms with E-state index in [0.717, 1.165) is 5.56 Å². The number of benzene rings is 2. The van der Waals surface area contributed by atoms with Crippen molar-refractivity contribution in [1.82, 2.24) is 0 Å². The number of halogens is 2. The molecule has 7 heteroatoms. The van der Waals surface area contributed by atoms with Crippen LogP contribution in [0.3, 0.4) is 0 Å². The van der Waals surface area contributed by atoms with Crippen molar-refractivity contribution in [3.8, 4) is 0 Å². The van der Waals surface area contributed by atoms with Crippen molar-refractivity contribution in [2.24, 2.45) is 5.73 Å². The van der Waals surface area contributed by atoms with E-state index >= 15 is 0 Å². The quantitative estimate of drug-likeness (QED) is 0.903. The molecule has 4 nitrogen and oxygen atoms in total. The van der Waals surface area contributed by atoms with Gasteiger partial charge in [-0.05, 0) is 35.9 Å². The van der Waals surface area contributed by atoms with Crippen LogP contribution in [0.15, 0.2) is 47.4 Å².